The second kappa shape index (κ2) is 7.46. The monoisotopic (exact) mass is 346 g/mol. The topological polar surface area (TPSA) is 128 Å². The van der Waals surface area contributed by atoms with Crippen LogP contribution in [0.1, 0.15) is 30.1 Å². The van der Waals surface area contributed by atoms with Crippen molar-refractivity contribution in [2.24, 2.45) is 16.5 Å². The molecular formula is C13H19ClN4O3S. The van der Waals surface area contributed by atoms with E-state index < -0.39 is 21.7 Å². The quantitative estimate of drug-likeness (QED) is 0.405. The van der Waals surface area contributed by atoms with Crippen LogP contribution in [0.15, 0.2) is 22.0 Å². The van der Waals surface area contributed by atoms with Gasteiger partial charge in [-0.2, -0.15) is 4.99 Å². The predicted molar refractivity (Wildman–Crippen MR) is 88.1 cm³/mol. The van der Waals surface area contributed by atoms with Crippen LogP contribution >= 0.6 is 11.6 Å². The van der Waals surface area contributed by atoms with E-state index in [4.69, 9.17) is 23.1 Å². The Kier molecular flexibility index (Phi) is 6.19. The molecule has 0 aliphatic heterocycles. The number of nitrogens with two attached hydrogens (primary N) is 2. The molecule has 7 nitrogen and oxygen atoms in total. The maximum absolute atomic E-state index is 11.9. The number of unbranched alkanes of at least 4 members (excludes halogenated alkanes) is 1. The SMILES string of the molecule is CCCCNc1c(Cl)cc(C(=O)N=C(N)N)cc1S(C)(=O)=O. The Morgan fingerprint density at radius 1 is 1.36 bits per heavy atom. The molecule has 5 N–H and O–H groups in total. The van der Waals surface area contributed by atoms with Crippen LogP contribution in [0.3, 0.4) is 0 Å². The number of nitrogens with zero attached hydrogens (tertiary/aromatic N) is 1. The molecule has 0 saturated carbocycles. The summed E-state index contributed by atoms with van der Waals surface area (Å²) in [5.74, 6) is -1.17. The number of carbonyl (C=O) groups is 1. The fourth-order valence-corrected chi connectivity index (χ4v) is 2.98. The van der Waals surface area contributed by atoms with Gasteiger partial charge in [-0.15, -0.1) is 0 Å². The lowest BCUT2D eigenvalue weighted by atomic mass is 10.2. The number of sulfone groups is 1. The van der Waals surface area contributed by atoms with E-state index in [0.29, 0.717) is 6.54 Å². The van der Waals surface area contributed by atoms with Crippen LogP contribution in [0.25, 0.3) is 0 Å². The van der Waals surface area contributed by atoms with Crippen molar-refractivity contribution in [3.63, 3.8) is 0 Å². The molecular weight excluding hydrogens is 328 g/mol. The van der Waals surface area contributed by atoms with Gasteiger partial charge in [0.05, 0.1) is 15.6 Å². The lowest BCUT2D eigenvalue weighted by molar-refractivity contribution is 0.100. The van der Waals surface area contributed by atoms with Gasteiger partial charge in [0.15, 0.2) is 15.8 Å². The maximum Gasteiger partial charge on any atom is 0.280 e. The molecule has 0 radical (unpaired) electrons. The number of aliphatic imine (C=N–C) groups is 1. The Morgan fingerprint density at radius 2 is 2.00 bits per heavy atom. The minimum absolute atomic E-state index is 0.000124. The lowest BCUT2D eigenvalue weighted by Crippen LogP contribution is -2.24. The van der Waals surface area contributed by atoms with Crippen LogP contribution in [-0.4, -0.2) is 33.1 Å². The molecule has 0 bridgehead atoms. The largest absolute Gasteiger partial charge is 0.383 e. The minimum Gasteiger partial charge on any atom is -0.383 e. The van der Waals surface area contributed by atoms with Crippen LogP contribution < -0.4 is 16.8 Å². The Hall–Kier alpha value is -1.80. The Bertz CT molecular complexity index is 697. The molecule has 1 aromatic rings. The van der Waals surface area contributed by atoms with Crippen molar-refractivity contribution in [1.29, 1.82) is 0 Å². The van der Waals surface area contributed by atoms with Gasteiger partial charge in [0.2, 0.25) is 0 Å². The molecule has 0 unspecified atom stereocenters. The molecule has 0 atom stereocenters. The van der Waals surface area contributed by atoms with E-state index >= 15 is 0 Å². The van der Waals surface area contributed by atoms with Crippen molar-refractivity contribution in [2.45, 2.75) is 24.7 Å². The van der Waals surface area contributed by atoms with E-state index in [0.717, 1.165) is 19.1 Å². The van der Waals surface area contributed by atoms with Crippen molar-refractivity contribution in [2.75, 3.05) is 18.1 Å². The Morgan fingerprint density at radius 3 is 2.50 bits per heavy atom. The number of guanidine groups is 1. The molecule has 1 amide bonds. The van der Waals surface area contributed by atoms with Gasteiger partial charge in [0, 0.05) is 18.4 Å². The fraction of sp³-hybridized carbons (Fsp3) is 0.385. The molecule has 1 aromatic carbocycles. The highest BCUT2D eigenvalue weighted by Crippen LogP contribution is 2.31. The molecule has 1 rings (SSSR count). The highest BCUT2D eigenvalue weighted by atomic mass is 35.5. The first-order valence-electron chi connectivity index (χ1n) is 6.58. The first-order valence-corrected chi connectivity index (χ1v) is 8.85. The number of hydrogen-bond acceptors (Lipinski definition) is 4. The number of carbonyl (C=O) groups excluding carboxylic acids is 1. The standard InChI is InChI=1S/C13H19ClN4O3S/c1-3-4-5-17-11-9(14)6-8(12(19)18-13(15)16)7-10(11)22(2,20)21/h6-7,17H,3-5H2,1-2H3,(H4,15,16,18,19). The molecule has 0 spiro atoms. The summed E-state index contributed by atoms with van der Waals surface area (Å²) < 4.78 is 23.9. The molecule has 22 heavy (non-hydrogen) atoms. The van der Waals surface area contributed by atoms with E-state index in [2.05, 4.69) is 10.3 Å². The van der Waals surface area contributed by atoms with Gasteiger partial charge in [-0.25, -0.2) is 8.42 Å². The molecule has 122 valence electrons. The summed E-state index contributed by atoms with van der Waals surface area (Å²) in [4.78, 5) is 15.1. The van der Waals surface area contributed by atoms with Crippen LogP contribution in [0.4, 0.5) is 5.69 Å². The zero-order chi connectivity index (χ0) is 16.9. The molecule has 0 aromatic heterocycles. The molecule has 9 heteroatoms. The van der Waals surface area contributed by atoms with Gasteiger partial charge < -0.3 is 16.8 Å². The van der Waals surface area contributed by atoms with E-state index in [1.807, 2.05) is 6.92 Å². The van der Waals surface area contributed by atoms with Gasteiger partial charge in [-0.1, -0.05) is 24.9 Å². The highest BCUT2D eigenvalue weighted by molar-refractivity contribution is 7.90. The van der Waals surface area contributed by atoms with Gasteiger partial charge in [-0.05, 0) is 18.6 Å². The minimum atomic E-state index is -3.59. The Balaban J connectivity index is 3.37. The first kappa shape index (κ1) is 18.2. The predicted octanol–water partition coefficient (Wildman–Crippen LogP) is 1.37. The van der Waals surface area contributed by atoms with Gasteiger partial charge in [0.25, 0.3) is 5.91 Å². The number of halogens is 1. The van der Waals surface area contributed by atoms with Crippen molar-refractivity contribution in [1.82, 2.24) is 0 Å². The van der Waals surface area contributed by atoms with Crippen molar-refractivity contribution in [3.8, 4) is 0 Å². The van der Waals surface area contributed by atoms with Gasteiger partial charge >= 0.3 is 0 Å². The molecule has 0 aliphatic carbocycles. The van der Waals surface area contributed by atoms with Crippen molar-refractivity contribution < 1.29 is 13.2 Å². The maximum atomic E-state index is 11.9. The number of rotatable bonds is 6. The zero-order valence-electron chi connectivity index (χ0n) is 12.4. The van der Waals surface area contributed by atoms with E-state index in [1.54, 1.807) is 0 Å². The summed E-state index contributed by atoms with van der Waals surface area (Å²) in [7, 11) is -3.59. The number of nitrogens with one attached hydrogen (secondary N) is 1. The summed E-state index contributed by atoms with van der Waals surface area (Å²) in [6, 6.07) is 2.55. The van der Waals surface area contributed by atoms with Crippen molar-refractivity contribution >= 4 is 39.0 Å². The third-order valence-corrected chi connectivity index (χ3v) is 4.18. The van der Waals surface area contributed by atoms with Crippen molar-refractivity contribution in [3.05, 3.63) is 22.7 Å². The summed E-state index contributed by atoms with van der Waals surface area (Å²) >= 11 is 6.11. The Labute approximate surface area is 134 Å². The second-order valence-corrected chi connectivity index (χ2v) is 7.12. The van der Waals surface area contributed by atoms with E-state index in [1.165, 1.54) is 12.1 Å². The normalized spacial score (nSPS) is 11.0. The molecule has 0 fully saturated rings. The first-order chi connectivity index (χ1) is 10.2. The average molecular weight is 347 g/mol. The molecule has 0 aliphatic rings. The summed E-state index contributed by atoms with van der Waals surface area (Å²) in [5, 5.41) is 3.11. The number of hydrogen-bond donors (Lipinski definition) is 3. The lowest BCUT2D eigenvalue weighted by Gasteiger charge is -2.14. The number of benzene rings is 1. The second-order valence-electron chi connectivity index (χ2n) is 4.73. The van der Waals surface area contributed by atoms with E-state index in [9.17, 15) is 13.2 Å². The van der Waals surface area contributed by atoms with E-state index in [-0.39, 0.29) is 21.2 Å². The van der Waals surface area contributed by atoms with Gasteiger partial charge in [0.1, 0.15) is 0 Å². The van der Waals surface area contributed by atoms with Crippen LogP contribution in [0, 0.1) is 0 Å². The number of anilines is 1. The summed E-state index contributed by atoms with van der Waals surface area (Å²) in [6.07, 6.45) is 2.84. The zero-order valence-corrected chi connectivity index (χ0v) is 14.0. The molecule has 0 saturated heterocycles. The smallest absolute Gasteiger partial charge is 0.280 e. The van der Waals surface area contributed by atoms with Gasteiger partial charge in [-0.3, -0.25) is 4.79 Å². The number of amides is 1. The van der Waals surface area contributed by atoms with Crippen LogP contribution in [-0.2, 0) is 9.84 Å². The fourth-order valence-electron chi connectivity index (χ4n) is 1.74. The summed E-state index contributed by atoms with van der Waals surface area (Å²) in [6.45, 7) is 2.58. The van der Waals surface area contributed by atoms with Crippen LogP contribution in [0.2, 0.25) is 5.02 Å². The summed E-state index contributed by atoms with van der Waals surface area (Å²) in [5.41, 5.74) is 10.6. The molecule has 0 heterocycles. The van der Waals surface area contributed by atoms with Crippen LogP contribution in [0.5, 0.6) is 0 Å². The highest BCUT2D eigenvalue weighted by Gasteiger charge is 2.20. The third kappa shape index (κ3) is 4.88. The third-order valence-electron chi connectivity index (χ3n) is 2.76. The average Bonchev–Trinajstić information content (AvgIpc) is 2.38.